The molecule has 0 radical (unpaired) electrons. The third kappa shape index (κ3) is 6.02. The summed E-state index contributed by atoms with van der Waals surface area (Å²) in [6, 6.07) is 3.50. The Morgan fingerprint density at radius 2 is 1.86 bits per heavy atom. The van der Waals surface area contributed by atoms with Crippen molar-refractivity contribution in [1.82, 2.24) is 10.6 Å². The molecule has 0 atom stereocenters. The third-order valence-corrected chi connectivity index (χ3v) is 2.60. The number of hydrogen-bond donors (Lipinski definition) is 3. The predicted octanol–water partition coefficient (Wildman–Crippen LogP) is 2.82. The smallest absolute Gasteiger partial charge is 0.350 e. The molecule has 3 N–H and O–H groups in total. The van der Waals surface area contributed by atoms with E-state index in [0.717, 1.165) is 0 Å². The molecule has 0 unspecified atom stereocenters. The minimum Gasteiger partial charge on any atom is -0.350 e. The van der Waals surface area contributed by atoms with Crippen LogP contribution in [-0.4, -0.2) is 30.7 Å². The summed E-state index contributed by atoms with van der Waals surface area (Å²) in [5.41, 5.74) is 1.35. The van der Waals surface area contributed by atoms with Crippen LogP contribution < -0.4 is 16.0 Å². The van der Waals surface area contributed by atoms with E-state index in [1.807, 2.05) is 13.8 Å². The number of anilines is 1. The number of benzene rings is 1. The van der Waals surface area contributed by atoms with Crippen molar-refractivity contribution < 1.29 is 22.8 Å². The molecular formula is C14H18F3N3O2. The summed E-state index contributed by atoms with van der Waals surface area (Å²) in [7, 11) is 0. The molecule has 22 heavy (non-hydrogen) atoms. The second-order valence-corrected chi connectivity index (χ2v) is 5.08. The summed E-state index contributed by atoms with van der Waals surface area (Å²) in [6.07, 6.45) is -4.47. The molecule has 8 heteroatoms. The maximum absolute atomic E-state index is 12.0. The van der Waals surface area contributed by atoms with Gasteiger partial charge in [-0.15, -0.1) is 0 Å². The van der Waals surface area contributed by atoms with E-state index in [1.54, 1.807) is 12.2 Å². The Labute approximate surface area is 126 Å². The van der Waals surface area contributed by atoms with Gasteiger partial charge in [-0.2, -0.15) is 13.2 Å². The van der Waals surface area contributed by atoms with Gasteiger partial charge in [-0.25, -0.2) is 4.79 Å². The average molecular weight is 317 g/mol. The van der Waals surface area contributed by atoms with E-state index >= 15 is 0 Å². The second kappa shape index (κ2) is 7.15. The van der Waals surface area contributed by atoms with Gasteiger partial charge in [0.15, 0.2) is 0 Å². The fourth-order valence-corrected chi connectivity index (χ4v) is 1.69. The Balaban J connectivity index is 2.69. The molecule has 0 aliphatic carbocycles. The molecule has 0 aliphatic rings. The first kappa shape index (κ1) is 17.8. The molecule has 0 heterocycles. The van der Waals surface area contributed by atoms with Crippen LogP contribution in [0, 0.1) is 6.92 Å². The Morgan fingerprint density at radius 1 is 1.23 bits per heavy atom. The number of halogens is 3. The minimum absolute atomic E-state index is 0.0159. The van der Waals surface area contributed by atoms with Crippen molar-refractivity contribution in [3.05, 3.63) is 29.3 Å². The zero-order valence-electron chi connectivity index (χ0n) is 12.5. The van der Waals surface area contributed by atoms with E-state index < -0.39 is 18.8 Å². The molecule has 0 fully saturated rings. The molecular weight excluding hydrogens is 299 g/mol. The summed E-state index contributed by atoms with van der Waals surface area (Å²) < 4.78 is 35.9. The van der Waals surface area contributed by atoms with Crippen molar-refractivity contribution in [3.8, 4) is 0 Å². The summed E-state index contributed by atoms with van der Waals surface area (Å²) in [5.74, 6) is -0.249. The lowest BCUT2D eigenvalue weighted by molar-refractivity contribution is -0.122. The second-order valence-electron chi connectivity index (χ2n) is 5.08. The van der Waals surface area contributed by atoms with Crippen molar-refractivity contribution in [2.45, 2.75) is 33.0 Å². The number of alkyl halides is 3. The Morgan fingerprint density at radius 3 is 2.36 bits per heavy atom. The summed E-state index contributed by atoms with van der Waals surface area (Å²) >= 11 is 0. The molecule has 0 aliphatic heterocycles. The van der Waals surface area contributed by atoms with Crippen LogP contribution in [0.25, 0.3) is 0 Å². The van der Waals surface area contributed by atoms with Crippen molar-refractivity contribution in [2.24, 2.45) is 0 Å². The first-order valence-electron chi connectivity index (χ1n) is 6.61. The van der Waals surface area contributed by atoms with Gasteiger partial charge in [0.25, 0.3) is 5.91 Å². The molecule has 0 aromatic heterocycles. The lowest BCUT2D eigenvalue weighted by Gasteiger charge is -2.13. The van der Waals surface area contributed by atoms with Gasteiger partial charge in [0.05, 0.1) is 0 Å². The van der Waals surface area contributed by atoms with Crippen LogP contribution in [-0.2, 0) is 0 Å². The van der Waals surface area contributed by atoms with Gasteiger partial charge in [-0.05, 0) is 44.5 Å². The van der Waals surface area contributed by atoms with Gasteiger partial charge in [0.2, 0.25) is 0 Å². The van der Waals surface area contributed by atoms with Crippen LogP contribution in [0.3, 0.4) is 0 Å². The van der Waals surface area contributed by atoms with Gasteiger partial charge >= 0.3 is 12.2 Å². The van der Waals surface area contributed by atoms with E-state index in [0.29, 0.717) is 16.8 Å². The van der Waals surface area contributed by atoms with E-state index in [-0.39, 0.29) is 11.9 Å². The van der Waals surface area contributed by atoms with Crippen LogP contribution in [0.5, 0.6) is 0 Å². The zero-order chi connectivity index (χ0) is 16.9. The quantitative estimate of drug-likeness (QED) is 0.799. The fraction of sp³-hybridized carbons (Fsp3) is 0.429. The summed E-state index contributed by atoms with van der Waals surface area (Å²) in [4.78, 5) is 23.2. The minimum atomic E-state index is -4.47. The Kier molecular flexibility index (Phi) is 5.78. The highest BCUT2D eigenvalue weighted by Crippen LogP contribution is 2.16. The molecule has 0 bridgehead atoms. The van der Waals surface area contributed by atoms with Crippen molar-refractivity contribution in [2.75, 3.05) is 11.9 Å². The number of carbonyl (C=O) groups excluding carboxylic acids is 2. The van der Waals surface area contributed by atoms with Gasteiger partial charge in [0.1, 0.15) is 6.54 Å². The van der Waals surface area contributed by atoms with Crippen LogP contribution in [0.2, 0.25) is 0 Å². The number of amides is 3. The monoisotopic (exact) mass is 317 g/mol. The molecule has 122 valence electrons. The molecule has 3 amide bonds. The number of rotatable bonds is 4. The lowest BCUT2D eigenvalue weighted by Crippen LogP contribution is -2.36. The van der Waals surface area contributed by atoms with E-state index in [1.165, 1.54) is 18.2 Å². The third-order valence-electron chi connectivity index (χ3n) is 2.60. The molecule has 5 nitrogen and oxygen atoms in total. The van der Waals surface area contributed by atoms with Gasteiger partial charge in [0, 0.05) is 17.3 Å². The maximum atomic E-state index is 12.0. The Bertz CT molecular complexity index is 557. The molecule has 0 spiro atoms. The van der Waals surface area contributed by atoms with Gasteiger partial charge in [-0.1, -0.05) is 0 Å². The highest BCUT2D eigenvalue weighted by Gasteiger charge is 2.27. The first-order chi connectivity index (χ1) is 10.1. The molecule has 0 saturated carbocycles. The predicted molar refractivity (Wildman–Crippen MR) is 76.9 cm³/mol. The van der Waals surface area contributed by atoms with Gasteiger partial charge < -0.3 is 16.0 Å². The van der Waals surface area contributed by atoms with E-state index in [9.17, 15) is 22.8 Å². The summed E-state index contributed by atoms with van der Waals surface area (Å²) in [6.45, 7) is 3.92. The number of urea groups is 1. The lowest BCUT2D eigenvalue weighted by atomic mass is 10.1. The van der Waals surface area contributed by atoms with Gasteiger partial charge in [-0.3, -0.25) is 4.79 Å². The highest BCUT2D eigenvalue weighted by molar-refractivity contribution is 5.97. The number of hydrogen-bond acceptors (Lipinski definition) is 2. The SMILES string of the molecule is Cc1cc(NC(=O)NCC(F)(F)F)ccc1C(=O)NC(C)C. The standard InChI is InChI=1S/C14H18F3N3O2/c1-8(2)19-12(21)11-5-4-10(6-9(11)3)20-13(22)18-7-14(15,16)17/h4-6,8H,7H2,1-3H3,(H,19,21)(H2,18,20,22). The molecule has 1 rings (SSSR count). The fourth-order valence-electron chi connectivity index (χ4n) is 1.69. The first-order valence-corrected chi connectivity index (χ1v) is 6.61. The zero-order valence-corrected chi connectivity index (χ0v) is 12.5. The van der Waals surface area contributed by atoms with Crippen molar-refractivity contribution in [3.63, 3.8) is 0 Å². The highest BCUT2D eigenvalue weighted by atomic mass is 19.4. The van der Waals surface area contributed by atoms with E-state index in [4.69, 9.17) is 0 Å². The van der Waals surface area contributed by atoms with Crippen LogP contribution >= 0.6 is 0 Å². The molecule has 1 aromatic carbocycles. The largest absolute Gasteiger partial charge is 0.405 e. The average Bonchev–Trinajstić information content (AvgIpc) is 2.34. The summed E-state index contributed by atoms with van der Waals surface area (Å²) in [5, 5.41) is 6.71. The van der Waals surface area contributed by atoms with Crippen molar-refractivity contribution >= 4 is 17.6 Å². The Hall–Kier alpha value is -2.25. The molecule has 0 saturated heterocycles. The van der Waals surface area contributed by atoms with Crippen LogP contribution in [0.4, 0.5) is 23.7 Å². The molecule has 1 aromatic rings. The van der Waals surface area contributed by atoms with Crippen molar-refractivity contribution in [1.29, 1.82) is 0 Å². The number of aryl methyl sites for hydroxylation is 1. The number of nitrogens with one attached hydrogen (secondary N) is 3. The van der Waals surface area contributed by atoms with E-state index in [2.05, 4.69) is 10.6 Å². The topological polar surface area (TPSA) is 70.2 Å². The van der Waals surface area contributed by atoms with Crippen LogP contribution in [0.15, 0.2) is 18.2 Å². The normalized spacial score (nSPS) is 11.2. The van der Waals surface area contributed by atoms with Crippen LogP contribution in [0.1, 0.15) is 29.8 Å². The maximum Gasteiger partial charge on any atom is 0.405 e. The number of carbonyl (C=O) groups is 2.